The van der Waals surface area contributed by atoms with E-state index in [1.54, 1.807) is 0 Å². The molecule has 0 amide bonds. The molecule has 0 spiro atoms. The van der Waals surface area contributed by atoms with E-state index >= 15 is 0 Å². The molecule has 2 aromatic rings. The lowest BCUT2D eigenvalue weighted by Crippen LogP contribution is -2.28. The molecule has 2 rings (SSSR count). The monoisotopic (exact) mass is 335 g/mol. The van der Waals surface area contributed by atoms with Crippen molar-refractivity contribution in [1.29, 1.82) is 0 Å². The smallest absolute Gasteiger partial charge is 0.266 e. The van der Waals surface area contributed by atoms with E-state index in [0.29, 0.717) is 13.2 Å². The molecule has 0 radical (unpaired) electrons. The molecular formula is C17H21NO4S. The molecule has 124 valence electrons. The molecule has 0 aliphatic heterocycles. The summed E-state index contributed by atoms with van der Waals surface area (Å²) in [6.45, 7) is 3.22. The molecule has 0 bridgehead atoms. The fraction of sp³-hybridized carbons (Fsp3) is 0.294. The largest absolute Gasteiger partial charge is 0.494 e. The van der Waals surface area contributed by atoms with Crippen molar-refractivity contribution in [2.45, 2.75) is 13.5 Å². The van der Waals surface area contributed by atoms with Crippen LogP contribution < -0.4 is 9.64 Å². The van der Waals surface area contributed by atoms with Gasteiger partial charge in [-0.15, -0.1) is 0 Å². The lowest BCUT2D eigenvalue weighted by atomic mass is 10.2. The molecule has 23 heavy (non-hydrogen) atoms. The van der Waals surface area contributed by atoms with Gasteiger partial charge in [0.1, 0.15) is 5.75 Å². The van der Waals surface area contributed by atoms with Gasteiger partial charge in [0.15, 0.2) is 0 Å². The second kappa shape index (κ2) is 7.99. The minimum atomic E-state index is -4.01. The van der Waals surface area contributed by atoms with Crippen LogP contribution in [0.5, 0.6) is 5.75 Å². The fourth-order valence-corrected chi connectivity index (χ4v) is 2.72. The number of benzene rings is 2. The average molecular weight is 335 g/mol. The summed E-state index contributed by atoms with van der Waals surface area (Å²) in [5.41, 5.74) is 1.91. The van der Waals surface area contributed by atoms with Gasteiger partial charge in [0.05, 0.1) is 12.4 Å². The Hall–Kier alpha value is -2.05. The number of anilines is 1. The van der Waals surface area contributed by atoms with Gasteiger partial charge in [0.2, 0.25) is 0 Å². The highest BCUT2D eigenvalue weighted by molar-refractivity contribution is 7.85. The number of ether oxygens (including phenoxy) is 1. The number of hydrogen-bond acceptors (Lipinski definition) is 4. The first-order valence-corrected chi connectivity index (χ1v) is 9.06. The summed E-state index contributed by atoms with van der Waals surface area (Å²) in [6, 6.07) is 17.3. The van der Waals surface area contributed by atoms with E-state index in [2.05, 4.69) is 0 Å². The molecule has 6 heteroatoms. The van der Waals surface area contributed by atoms with Crippen molar-refractivity contribution < 1.29 is 17.7 Å². The van der Waals surface area contributed by atoms with Crippen molar-refractivity contribution in [3.05, 3.63) is 60.2 Å². The molecule has 1 N–H and O–H groups in total. The predicted octanol–water partition coefficient (Wildman–Crippen LogP) is 2.98. The van der Waals surface area contributed by atoms with Crippen molar-refractivity contribution >= 4 is 15.8 Å². The van der Waals surface area contributed by atoms with Crippen molar-refractivity contribution in [1.82, 2.24) is 0 Å². The second-order valence-electron chi connectivity index (χ2n) is 5.12. The van der Waals surface area contributed by atoms with Crippen LogP contribution in [0.3, 0.4) is 0 Å². The summed E-state index contributed by atoms with van der Waals surface area (Å²) in [7, 11) is -4.01. The van der Waals surface area contributed by atoms with Crippen LogP contribution in [-0.2, 0) is 16.7 Å². The number of hydrogen-bond donors (Lipinski definition) is 1. The van der Waals surface area contributed by atoms with E-state index in [1.165, 1.54) is 0 Å². The maximum Gasteiger partial charge on any atom is 0.266 e. The van der Waals surface area contributed by atoms with Crippen LogP contribution in [0.15, 0.2) is 54.6 Å². The lowest BCUT2D eigenvalue weighted by molar-refractivity contribution is 0.340. The Morgan fingerprint density at radius 2 is 1.83 bits per heavy atom. The molecule has 0 heterocycles. The molecule has 0 aromatic heterocycles. The normalized spacial score (nSPS) is 11.2. The van der Waals surface area contributed by atoms with E-state index in [-0.39, 0.29) is 12.3 Å². The third-order valence-corrected chi connectivity index (χ3v) is 4.03. The molecule has 0 fully saturated rings. The van der Waals surface area contributed by atoms with E-state index in [4.69, 9.17) is 9.29 Å². The van der Waals surface area contributed by atoms with Crippen LogP contribution in [0.25, 0.3) is 0 Å². The molecular weight excluding hydrogens is 314 g/mol. The van der Waals surface area contributed by atoms with Gasteiger partial charge in [-0.3, -0.25) is 4.55 Å². The first kappa shape index (κ1) is 17.3. The van der Waals surface area contributed by atoms with Crippen LogP contribution in [0.2, 0.25) is 0 Å². The van der Waals surface area contributed by atoms with Gasteiger partial charge in [0, 0.05) is 24.8 Å². The van der Waals surface area contributed by atoms with Gasteiger partial charge in [0.25, 0.3) is 10.1 Å². The average Bonchev–Trinajstić information content (AvgIpc) is 2.52. The van der Waals surface area contributed by atoms with E-state index in [0.717, 1.165) is 17.0 Å². The van der Waals surface area contributed by atoms with Gasteiger partial charge in [-0.25, -0.2) is 0 Å². The highest BCUT2D eigenvalue weighted by atomic mass is 32.2. The van der Waals surface area contributed by atoms with Gasteiger partial charge in [-0.1, -0.05) is 36.4 Å². The van der Waals surface area contributed by atoms with E-state index < -0.39 is 10.1 Å². The Morgan fingerprint density at radius 3 is 2.48 bits per heavy atom. The summed E-state index contributed by atoms with van der Waals surface area (Å²) < 4.78 is 36.7. The van der Waals surface area contributed by atoms with E-state index in [1.807, 2.05) is 66.4 Å². The van der Waals surface area contributed by atoms with Gasteiger partial charge in [-0.2, -0.15) is 8.42 Å². The molecule has 0 atom stereocenters. The highest BCUT2D eigenvalue weighted by Gasteiger charge is 2.13. The summed E-state index contributed by atoms with van der Waals surface area (Å²) in [5.74, 6) is 0.411. The van der Waals surface area contributed by atoms with Crippen molar-refractivity contribution in [3.63, 3.8) is 0 Å². The first-order chi connectivity index (χ1) is 11.0. The zero-order chi connectivity index (χ0) is 16.7. The van der Waals surface area contributed by atoms with Crippen molar-refractivity contribution in [2.24, 2.45) is 0 Å². The highest BCUT2D eigenvalue weighted by Crippen LogP contribution is 2.23. The van der Waals surface area contributed by atoms with Crippen LogP contribution >= 0.6 is 0 Å². The molecule has 0 aliphatic carbocycles. The van der Waals surface area contributed by atoms with Gasteiger partial charge >= 0.3 is 0 Å². The Kier molecular flexibility index (Phi) is 6.01. The quantitative estimate of drug-likeness (QED) is 0.751. The third-order valence-electron chi connectivity index (χ3n) is 3.33. The standard InChI is InChI=1S/C17H21NO4S/c1-2-22-17-10-6-9-16(13-17)18(11-12-23(19,20)21)14-15-7-4-3-5-8-15/h3-10,13H,2,11-12,14H2,1H3,(H,19,20,21). The number of rotatable bonds is 8. The van der Waals surface area contributed by atoms with Crippen molar-refractivity contribution in [3.8, 4) is 5.75 Å². The minimum absolute atomic E-state index is 0.198. The topological polar surface area (TPSA) is 66.8 Å². The lowest BCUT2D eigenvalue weighted by Gasteiger charge is -2.25. The fourth-order valence-electron chi connectivity index (χ4n) is 2.27. The summed E-state index contributed by atoms with van der Waals surface area (Å²) in [5, 5.41) is 0. The Bertz CT molecular complexity index is 716. The molecule has 0 unspecified atom stereocenters. The maximum atomic E-state index is 11.1. The maximum absolute atomic E-state index is 11.1. The van der Waals surface area contributed by atoms with Crippen LogP contribution in [0, 0.1) is 0 Å². The molecule has 2 aromatic carbocycles. The molecule has 0 saturated carbocycles. The van der Waals surface area contributed by atoms with Crippen LogP contribution in [-0.4, -0.2) is 31.9 Å². The Balaban J connectivity index is 2.23. The predicted molar refractivity (Wildman–Crippen MR) is 91.5 cm³/mol. The Labute approximate surface area is 137 Å². The van der Waals surface area contributed by atoms with Gasteiger partial charge in [-0.05, 0) is 24.6 Å². The van der Waals surface area contributed by atoms with E-state index in [9.17, 15) is 8.42 Å². The third kappa shape index (κ3) is 5.92. The molecule has 5 nitrogen and oxygen atoms in total. The number of nitrogens with zero attached hydrogens (tertiary/aromatic N) is 1. The zero-order valence-electron chi connectivity index (χ0n) is 13.1. The van der Waals surface area contributed by atoms with Crippen LogP contribution in [0.1, 0.15) is 12.5 Å². The van der Waals surface area contributed by atoms with Crippen LogP contribution in [0.4, 0.5) is 5.69 Å². The van der Waals surface area contributed by atoms with Gasteiger partial charge < -0.3 is 9.64 Å². The molecule has 0 saturated heterocycles. The summed E-state index contributed by atoms with van der Waals surface area (Å²) >= 11 is 0. The summed E-state index contributed by atoms with van der Waals surface area (Å²) in [6.07, 6.45) is 0. The minimum Gasteiger partial charge on any atom is -0.494 e. The SMILES string of the molecule is CCOc1cccc(N(CCS(=O)(=O)O)Cc2ccccc2)c1. The first-order valence-electron chi connectivity index (χ1n) is 7.45. The van der Waals surface area contributed by atoms with Crippen molar-refractivity contribution in [2.75, 3.05) is 23.8 Å². The second-order valence-corrected chi connectivity index (χ2v) is 6.70. The molecule has 0 aliphatic rings. The Morgan fingerprint density at radius 1 is 1.09 bits per heavy atom. The summed E-state index contributed by atoms with van der Waals surface area (Å²) in [4.78, 5) is 1.91. The zero-order valence-corrected chi connectivity index (χ0v) is 13.9.